The first-order valence-electron chi connectivity index (χ1n) is 5.89. The molecule has 2 N–H and O–H groups in total. The van der Waals surface area contributed by atoms with Crippen molar-refractivity contribution in [2.45, 2.75) is 13.3 Å². The van der Waals surface area contributed by atoms with Crippen LogP contribution in [0.25, 0.3) is 0 Å². The maximum atomic E-state index is 11.9. The minimum absolute atomic E-state index is 0.144. The van der Waals surface area contributed by atoms with Gasteiger partial charge in [-0.25, -0.2) is 0 Å². The summed E-state index contributed by atoms with van der Waals surface area (Å²) >= 11 is 5.16. The average molecular weight is 317 g/mol. The summed E-state index contributed by atoms with van der Waals surface area (Å²) in [5, 5.41) is 6.27. The molecule has 1 aromatic rings. The number of hydrogen-bond acceptors (Lipinski definition) is 3. The first kappa shape index (κ1) is 13.1. The van der Waals surface area contributed by atoms with Crippen LogP contribution in [-0.4, -0.2) is 25.5 Å². The Hall–Kier alpha value is -0.390. The summed E-state index contributed by atoms with van der Waals surface area (Å²) in [4.78, 5) is 13.2. The van der Waals surface area contributed by atoms with Gasteiger partial charge in [0.1, 0.15) is 0 Å². The lowest BCUT2D eigenvalue weighted by molar-refractivity contribution is -0.125. The fourth-order valence-corrected chi connectivity index (χ4v) is 3.57. The number of carbonyl (C=O) groups excluding carboxylic acids is 1. The van der Waals surface area contributed by atoms with Crippen LogP contribution in [0.3, 0.4) is 0 Å². The molecule has 2 rings (SSSR count). The molecule has 0 bridgehead atoms. The van der Waals surface area contributed by atoms with Crippen molar-refractivity contribution in [1.82, 2.24) is 10.6 Å². The van der Waals surface area contributed by atoms with Gasteiger partial charge in [-0.05, 0) is 46.9 Å². The van der Waals surface area contributed by atoms with Gasteiger partial charge in [-0.1, -0.05) is 6.92 Å². The molecule has 17 heavy (non-hydrogen) atoms. The van der Waals surface area contributed by atoms with Gasteiger partial charge < -0.3 is 10.6 Å². The first-order valence-corrected chi connectivity index (χ1v) is 7.50. The summed E-state index contributed by atoms with van der Waals surface area (Å²) in [5.41, 5.74) is 0. The van der Waals surface area contributed by atoms with Crippen molar-refractivity contribution in [3.05, 3.63) is 20.8 Å². The summed E-state index contributed by atoms with van der Waals surface area (Å²) in [6.07, 6.45) is 0.913. The number of carbonyl (C=O) groups is 1. The van der Waals surface area contributed by atoms with Gasteiger partial charge in [-0.3, -0.25) is 4.79 Å². The van der Waals surface area contributed by atoms with Crippen molar-refractivity contribution in [1.29, 1.82) is 0 Å². The van der Waals surface area contributed by atoms with Gasteiger partial charge >= 0.3 is 0 Å². The quantitative estimate of drug-likeness (QED) is 0.892. The highest BCUT2D eigenvalue weighted by molar-refractivity contribution is 9.11. The van der Waals surface area contributed by atoms with Crippen LogP contribution in [0, 0.1) is 11.8 Å². The molecule has 0 aromatic carbocycles. The molecular formula is C12H17BrN2OS. The van der Waals surface area contributed by atoms with Gasteiger partial charge in [0.25, 0.3) is 0 Å². The molecule has 3 nitrogen and oxygen atoms in total. The van der Waals surface area contributed by atoms with E-state index >= 15 is 0 Å². The largest absolute Gasteiger partial charge is 0.355 e. The number of amides is 1. The van der Waals surface area contributed by atoms with Crippen molar-refractivity contribution in [3.8, 4) is 0 Å². The minimum atomic E-state index is 0.144. The molecule has 2 unspecified atom stereocenters. The monoisotopic (exact) mass is 316 g/mol. The SMILES string of the molecule is CC1CNCC1C(=O)NCCc1ccc(Br)s1. The standard InChI is InChI=1S/C12H17BrN2OS/c1-8-6-14-7-10(8)12(16)15-5-4-9-2-3-11(13)17-9/h2-3,8,10,14H,4-7H2,1H3,(H,15,16). The highest BCUT2D eigenvalue weighted by atomic mass is 79.9. The molecule has 0 spiro atoms. The van der Waals surface area contributed by atoms with Crippen molar-refractivity contribution in [2.75, 3.05) is 19.6 Å². The van der Waals surface area contributed by atoms with E-state index in [1.54, 1.807) is 11.3 Å². The molecule has 1 saturated heterocycles. The van der Waals surface area contributed by atoms with E-state index in [1.165, 1.54) is 4.88 Å². The molecule has 0 saturated carbocycles. The Morgan fingerprint density at radius 1 is 1.59 bits per heavy atom. The number of rotatable bonds is 4. The Bertz CT molecular complexity index is 394. The molecule has 1 aliphatic rings. The predicted octanol–water partition coefficient (Wildman–Crippen LogP) is 2.02. The van der Waals surface area contributed by atoms with E-state index in [9.17, 15) is 4.79 Å². The fourth-order valence-electron chi connectivity index (χ4n) is 2.09. The van der Waals surface area contributed by atoms with E-state index in [0.717, 1.165) is 29.8 Å². The topological polar surface area (TPSA) is 41.1 Å². The van der Waals surface area contributed by atoms with Crippen molar-refractivity contribution in [3.63, 3.8) is 0 Å². The van der Waals surface area contributed by atoms with Crippen LogP contribution in [-0.2, 0) is 11.2 Å². The minimum Gasteiger partial charge on any atom is -0.355 e. The Balaban J connectivity index is 1.73. The molecular weight excluding hydrogens is 300 g/mol. The number of halogens is 1. The third-order valence-corrected chi connectivity index (χ3v) is 4.84. The first-order chi connectivity index (χ1) is 8.16. The summed E-state index contributed by atoms with van der Waals surface area (Å²) in [6, 6.07) is 4.14. The van der Waals surface area contributed by atoms with Gasteiger partial charge in [0, 0.05) is 18.0 Å². The van der Waals surface area contributed by atoms with Gasteiger partial charge in [-0.15, -0.1) is 11.3 Å². The van der Waals surface area contributed by atoms with Gasteiger partial charge in [0.2, 0.25) is 5.91 Å². The lowest BCUT2D eigenvalue weighted by Gasteiger charge is -2.13. The maximum Gasteiger partial charge on any atom is 0.224 e. The molecule has 2 atom stereocenters. The fraction of sp³-hybridized carbons (Fsp3) is 0.583. The third kappa shape index (κ3) is 3.53. The van der Waals surface area contributed by atoms with Gasteiger partial charge in [0.05, 0.1) is 9.70 Å². The zero-order valence-electron chi connectivity index (χ0n) is 9.83. The van der Waals surface area contributed by atoms with Crippen molar-refractivity contribution in [2.24, 2.45) is 11.8 Å². The van der Waals surface area contributed by atoms with E-state index < -0.39 is 0 Å². The van der Waals surface area contributed by atoms with Crippen LogP contribution in [0.15, 0.2) is 15.9 Å². The number of thiophene rings is 1. The summed E-state index contributed by atoms with van der Waals surface area (Å²) in [5.74, 6) is 0.786. The number of hydrogen-bond donors (Lipinski definition) is 2. The van der Waals surface area contributed by atoms with Crippen molar-refractivity contribution >= 4 is 33.2 Å². The van der Waals surface area contributed by atoms with Crippen LogP contribution in [0.4, 0.5) is 0 Å². The normalized spacial score (nSPS) is 23.9. The van der Waals surface area contributed by atoms with Crippen LogP contribution in [0.2, 0.25) is 0 Å². The van der Waals surface area contributed by atoms with E-state index in [0.29, 0.717) is 5.92 Å². The van der Waals surface area contributed by atoms with Gasteiger partial charge in [-0.2, -0.15) is 0 Å². The molecule has 1 aliphatic heterocycles. The molecule has 94 valence electrons. The van der Waals surface area contributed by atoms with E-state index in [2.05, 4.69) is 39.6 Å². The highest BCUT2D eigenvalue weighted by Crippen LogP contribution is 2.22. The molecule has 0 aliphatic carbocycles. The number of nitrogens with one attached hydrogen (secondary N) is 2. The zero-order chi connectivity index (χ0) is 12.3. The Labute approximate surface area is 114 Å². The smallest absolute Gasteiger partial charge is 0.224 e. The second-order valence-corrected chi connectivity index (χ2v) is 7.04. The molecule has 2 heterocycles. The Morgan fingerprint density at radius 2 is 2.41 bits per heavy atom. The third-order valence-electron chi connectivity index (χ3n) is 3.15. The lowest BCUT2D eigenvalue weighted by Crippen LogP contribution is -2.35. The Morgan fingerprint density at radius 3 is 3.00 bits per heavy atom. The van der Waals surface area contributed by atoms with Crippen LogP contribution in [0.1, 0.15) is 11.8 Å². The van der Waals surface area contributed by atoms with Gasteiger partial charge in [0.15, 0.2) is 0 Å². The second kappa shape index (κ2) is 5.98. The highest BCUT2D eigenvalue weighted by Gasteiger charge is 2.28. The second-order valence-electron chi connectivity index (χ2n) is 4.49. The molecule has 5 heteroatoms. The average Bonchev–Trinajstić information content (AvgIpc) is 2.87. The predicted molar refractivity (Wildman–Crippen MR) is 74.3 cm³/mol. The van der Waals surface area contributed by atoms with Crippen molar-refractivity contribution < 1.29 is 4.79 Å². The molecule has 1 aromatic heterocycles. The van der Waals surface area contributed by atoms with Crippen LogP contribution < -0.4 is 10.6 Å². The van der Waals surface area contributed by atoms with E-state index in [1.807, 2.05) is 6.07 Å². The maximum absolute atomic E-state index is 11.9. The summed E-state index contributed by atoms with van der Waals surface area (Å²) < 4.78 is 1.15. The summed E-state index contributed by atoms with van der Waals surface area (Å²) in [6.45, 7) is 4.63. The molecule has 1 fully saturated rings. The lowest BCUT2D eigenvalue weighted by atomic mass is 9.97. The van der Waals surface area contributed by atoms with Crippen LogP contribution >= 0.6 is 27.3 Å². The zero-order valence-corrected chi connectivity index (χ0v) is 12.2. The van der Waals surface area contributed by atoms with E-state index in [4.69, 9.17) is 0 Å². The molecule has 0 radical (unpaired) electrons. The summed E-state index contributed by atoms with van der Waals surface area (Å²) in [7, 11) is 0. The van der Waals surface area contributed by atoms with E-state index in [-0.39, 0.29) is 11.8 Å². The van der Waals surface area contributed by atoms with Crippen LogP contribution in [0.5, 0.6) is 0 Å². The Kier molecular flexibility index (Phi) is 4.59. The molecule has 1 amide bonds.